The van der Waals surface area contributed by atoms with Gasteiger partial charge in [0.1, 0.15) is 11.6 Å². The topological polar surface area (TPSA) is 53.1 Å². The Morgan fingerprint density at radius 3 is 2.47 bits per heavy atom. The van der Waals surface area contributed by atoms with Crippen molar-refractivity contribution in [1.29, 1.82) is 0 Å². The van der Waals surface area contributed by atoms with Crippen LogP contribution in [0.4, 0.5) is 14.6 Å². The van der Waals surface area contributed by atoms with Crippen molar-refractivity contribution in [1.82, 2.24) is 9.78 Å². The van der Waals surface area contributed by atoms with Crippen LogP contribution >= 0.6 is 0 Å². The number of alkyl halides is 2. The van der Waals surface area contributed by atoms with E-state index in [9.17, 15) is 8.78 Å². The molecule has 102 valence electrons. The minimum absolute atomic E-state index is 0.137. The number of rotatable bonds is 3. The second kappa shape index (κ2) is 4.87. The van der Waals surface area contributed by atoms with E-state index in [0.717, 1.165) is 5.56 Å². The van der Waals surface area contributed by atoms with Gasteiger partial charge in [-0.3, -0.25) is 4.68 Å². The van der Waals surface area contributed by atoms with Gasteiger partial charge in [0.2, 0.25) is 0 Å². The van der Waals surface area contributed by atoms with Crippen LogP contribution in [-0.4, -0.2) is 16.9 Å². The predicted molar refractivity (Wildman–Crippen MR) is 69.3 cm³/mol. The van der Waals surface area contributed by atoms with E-state index in [1.54, 1.807) is 26.1 Å². The van der Waals surface area contributed by atoms with Gasteiger partial charge in [-0.1, -0.05) is 0 Å². The highest BCUT2D eigenvalue weighted by atomic mass is 19.3. The lowest BCUT2D eigenvalue weighted by Crippen LogP contribution is -1.98. The largest absolute Gasteiger partial charge is 0.496 e. The van der Waals surface area contributed by atoms with Gasteiger partial charge >= 0.3 is 0 Å². The van der Waals surface area contributed by atoms with Gasteiger partial charge in [-0.15, -0.1) is 0 Å². The van der Waals surface area contributed by atoms with Crippen LogP contribution in [0.1, 0.15) is 17.6 Å². The number of nitrogens with two attached hydrogens (primary N) is 1. The summed E-state index contributed by atoms with van der Waals surface area (Å²) >= 11 is 0. The first kappa shape index (κ1) is 13.3. The van der Waals surface area contributed by atoms with Gasteiger partial charge in [-0.05, 0) is 24.6 Å². The Bertz CT molecular complexity index is 589. The fourth-order valence-electron chi connectivity index (χ4n) is 1.99. The molecule has 2 aromatic rings. The van der Waals surface area contributed by atoms with Crippen LogP contribution in [0, 0.1) is 6.92 Å². The first-order chi connectivity index (χ1) is 8.93. The van der Waals surface area contributed by atoms with Crippen molar-refractivity contribution in [3.63, 3.8) is 0 Å². The molecule has 19 heavy (non-hydrogen) atoms. The van der Waals surface area contributed by atoms with Gasteiger partial charge in [-0.2, -0.15) is 5.10 Å². The summed E-state index contributed by atoms with van der Waals surface area (Å²) in [6.07, 6.45) is -2.60. The number of aromatic nitrogens is 2. The Morgan fingerprint density at radius 2 is 2.00 bits per heavy atom. The lowest BCUT2D eigenvalue weighted by atomic mass is 10.0. The summed E-state index contributed by atoms with van der Waals surface area (Å²) in [7, 11) is 3.06. The quantitative estimate of drug-likeness (QED) is 0.930. The summed E-state index contributed by atoms with van der Waals surface area (Å²) in [4.78, 5) is 0. The summed E-state index contributed by atoms with van der Waals surface area (Å²) in [5.74, 6) is 0.593. The monoisotopic (exact) mass is 267 g/mol. The zero-order chi connectivity index (χ0) is 14.2. The molecule has 2 N–H and O–H groups in total. The molecule has 0 aliphatic carbocycles. The van der Waals surface area contributed by atoms with Gasteiger partial charge in [0, 0.05) is 18.7 Å². The zero-order valence-corrected chi connectivity index (χ0v) is 10.9. The van der Waals surface area contributed by atoms with E-state index in [1.807, 2.05) is 0 Å². The second-order valence-electron chi connectivity index (χ2n) is 4.31. The third-order valence-corrected chi connectivity index (χ3v) is 2.89. The maximum Gasteiger partial charge on any atom is 0.267 e. The first-order valence-electron chi connectivity index (χ1n) is 5.70. The highest BCUT2D eigenvalue weighted by molar-refractivity contribution is 5.72. The number of anilines is 1. The maximum atomic E-state index is 13.0. The normalized spacial score (nSPS) is 11.1. The summed E-state index contributed by atoms with van der Waals surface area (Å²) in [6.45, 7) is 1.75. The number of ether oxygens (including phenoxy) is 1. The number of halogens is 2. The lowest BCUT2D eigenvalue weighted by molar-refractivity contribution is 0.147. The maximum absolute atomic E-state index is 13.0. The number of benzene rings is 1. The average molecular weight is 267 g/mol. The number of nitrogens with zero attached hydrogens (tertiary/aromatic N) is 2. The SMILES string of the molecule is COc1c(-c2cc(N)n(C)n2)cc(C)cc1C(F)F. The molecule has 1 aromatic carbocycles. The van der Waals surface area contributed by atoms with Crippen LogP contribution in [0.2, 0.25) is 0 Å². The molecular weight excluding hydrogens is 252 g/mol. The minimum Gasteiger partial charge on any atom is -0.496 e. The van der Waals surface area contributed by atoms with E-state index in [4.69, 9.17) is 10.5 Å². The lowest BCUT2D eigenvalue weighted by Gasteiger charge is -2.13. The molecule has 0 aliphatic heterocycles. The Morgan fingerprint density at radius 1 is 1.32 bits per heavy atom. The summed E-state index contributed by atoms with van der Waals surface area (Å²) < 4.78 is 32.7. The van der Waals surface area contributed by atoms with Crippen molar-refractivity contribution in [2.45, 2.75) is 13.3 Å². The molecule has 0 amide bonds. The number of methoxy groups -OCH3 is 1. The van der Waals surface area contributed by atoms with Crippen molar-refractivity contribution in [3.05, 3.63) is 29.3 Å². The highest BCUT2D eigenvalue weighted by Crippen LogP contribution is 2.38. The molecule has 4 nitrogen and oxygen atoms in total. The van der Waals surface area contributed by atoms with Crippen LogP contribution in [0.25, 0.3) is 11.3 Å². The van der Waals surface area contributed by atoms with Crippen molar-refractivity contribution >= 4 is 5.82 Å². The van der Waals surface area contributed by atoms with Gasteiger partial charge < -0.3 is 10.5 Å². The van der Waals surface area contributed by atoms with E-state index in [-0.39, 0.29) is 11.3 Å². The van der Waals surface area contributed by atoms with Crippen molar-refractivity contribution in [2.75, 3.05) is 12.8 Å². The van der Waals surface area contributed by atoms with Crippen LogP contribution in [0.5, 0.6) is 5.75 Å². The highest BCUT2D eigenvalue weighted by Gasteiger charge is 2.20. The Hall–Kier alpha value is -2.11. The zero-order valence-electron chi connectivity index (χ0n) is 10.9. The molecule has 1 heterocycles. The van der Waals surface area contributed by atoms with Crippen LogP contribution < -0.4 is 10.5 Å². The van der Waals surface area contributed by atoms with Crippen LogP contribution in [0.15, 0.2) is 18.2 Å². The van der Waals surface area contributed by atoms with E-state index < -0.39 is 6.43 Å². The van der Waals surface area contributed by atoms with Crippen LogP contribution in [0.3, 0.4) is 0 Å². The standard InChI is InChI=1S/C13H15F2N3O/c1-7-4-8(10-6-11(16)18(2)17-10)12(19-3)9(5-7)13(14)15/h4-6,13H,16H2,1-3H3. The van der Waals surface area contributed by atoms with Gasteiger partial charge in [-0.25, -0.2) is 8.78 Å². The molecule has 2 rings (SSSR count). The molecule has 6 heteroatoms. The number of nitrogen functional groups attached to an aromatic ring is 1. The summed E-state index contributed by atoms with van der Waals surface area (Å²) in [5.41, 5.74) is 7.33. The average Bonchev–Trinajstić information content (AvgIpc) is 2.68. The summed E-state index contributed by atoms with van der Waals surface area (Å²) in [6, 6.07) is 4.80. The molecular formula is C13H15F2N3O. The van der Waals surface area contributed by atoms with Crippen molar-refractivity contribution in [3.8, 4) is 17.0 Å². The third-order valence-electron chi connectivity index (χ3n) is 2.89. The molecule has 0 radical (unpaired) electrons. The number of hydrogen-bond acceptors (Lipinski definition) is 3. The van der Waals surface area contributed by atoms with E-state index in [2.05, 4.69) is 5.10 Å². The molecule has 0 saturated heterocycles. The number of aryl methyl sites for hydroxylation is 2. The molecule has 0 fully saturated rings. The molecule has 0 bridgehead atoms. The van der Waals surface area contributed by atoms with E-state index >= 15 is 0 Å². The van der Waals surface area contributed by atoms with Gasteiger partial charge in [0.25, 0.3) is 6.43 Å². The fraction of sp³-hybridized carbons (Fsp3) is 0.308. The van der Waals surface area contributed by atoms with Gasteiger partial charge in [0.15, 0.2) is 0 Å². The molecule has 0 saturated carbocycles. The smallest absolute Gasteiger partial charge is 0.267 e. The number of hydrogen-bond donors (Lipinski definition) is 1. The predicted octanol–water partition coefficient (Wildman–Crippen LogP) is 2.92. The summed E-state index contributed by atoms with van der Waals surface area (Å²) in [5, 5.41) is 4.20. The van der Waals surface area contributed by atoms with Crippen LogP contribution in [-0.2, 0) is 7.05 Å². The van der Waals surface area contributed by atoms with Crippen molar-refractivity contribution < 1.29 is 13.5 Å². The molecule has 0 spiro atoms. The van der Waals surface area contributed by atoms with Crippen molar-refractivity contribution in [2.24, 2.45) is 7.05 Å². The molecule has 0 atom stereocenters. The third kappa shape index (κ3) is 2.38. The first-order valence-corrected chi connectivity index (χ1v) is 5.70. The Labute approximate surface area is 109 Å². The molecule has 1 aromatic heterocycles. The minimum atomic E-state index is -2.60. The Kier molecular flexibility index (Phi) is 3.42. The Balaban J connectivity index is 2.68. The van der Waals surface area contributed by atoms with Gasteiger partial charge in [0.05, 0.1) is 18.4 Å². The van der Waals surface area contributed by atoms with E-state index in [0.29, 0.717) is 17.1 Å². The molecule has 0 unspecified atom stereocenters. The second-order valence-corrected chi connectivity index (χ2v) is 4.31. The fourth-order valence-corrected chi connectivity index (χ4v) is 1.99. The van der Waals surface area contributed by atoms with E-state index in [1.165, 1.54) is 17.9 Å². The molecule has 0 aliphatic rings.